The van der Waals surface area contributed by atoms with E-state index in [1.807, 2.05) is 18.2 Å². The second-order valence-electron chi connectivity index (χ2n) is 7.69. The summed E-state index contributed by atoms with van der Waals surface area (Å²) in [5, 5.41) is 13.7. The third kappa shape index (κ3) is 3.85. The first-order valence-corrected chi connectivity index (χ1v) is 10.3. The van der Waals surface area contributed by atoms with E-state index in [-0.39, 0.29) is 24.1 Å². The van der Waals surface area contributed by atoms with Gasteiger partial charge in [-0.1, -0.05) is 23.7 Å². The van der Waals surface area contributed by atoms with Crippen molar-refractivity contribution in [2.45, 2.75) is 38.3 Å². The molecule has 1 aliphatic heterocycles. The number of benzene rings is 2. The van der Waals surface area contributed by atoms with Gasteiger partial charge in [0.1, 0.15) is 5.82 Å². The van der Waals surface area contributed by atoms with Gasteiger partial charge in [0.2, 0.25) is 0 Å². The molecule has 1 aliphatic carbocycles. The van der Waals surface area contributed by atoms with E-state index in [0.717, 1.165) is 35.4 Å². The molecule has 0 saturated heterocycles. The fraction of sp³-hybridized carbons (Fsp3) is 0.273. The molecule has 30 heavy (non-hydrogen) atoms. The zero-order chi connectivity index (χ0) is 20.7. The molecule has 1 fully saturated rings. The first kappa shape index (κ1) is 18.9. The summed E-state index contributed by atoms with van der Waals surface area (Å²) in [4.78, 5) is 13.0. The van der Waals surface area contributed by atoms with Gasteiger partial charge in [-0.05, 0) is 54.8 Å². The van der Waals surface area contributed by atoms with E-state index < -0.39 is 0 Å². The number of halogens is 2. The SMILES string of the molecule is O=c1n(CC2=NN=C(Cc3cccc(F)c3)C2)nc(-c2ccc(Cl)cc2)n1C1CC1. The zero-order valence-corrected chi connectivity index (χ0v) is 16.9. The van der Waals surface area contributed by atoms with Gasteiger partial charge < -0.3 is 0 Å². The highest BCUT2D eigenvalue weighted by Gasteiger charge is 2.30. The molecule has 3 aromatic rings. The molecular weight excluding hydrogens is 405 g/mol. The molecule has 0 N–H and O–H groups in total. The third-order valence-electron chi connectivity index (χ3n) is 5.26. The van der Waals surface area contributed by atoms with Crippen molar-refractivity contribution < 1.29 is 4.39 Å². The summed E-state index contributed by atoms with van der Waals surface area (Å²) < 4.78 is 16.6. The van der Waals surface area contributed by atoms with E-state index >= 15 is 0 Å². The molecule has 0 amide bonds. The molecule has 1 aromatic heterocycles. The quantitative estimate of drug-likeness (QED) is 0.594. The van der Waals surface area contributed by atoms with Gasteiger partial charge in [0.15, 0.2) is 5.82 Å². The lowest BCUT2D eigenvalue weighted by atomic mass is 10.0. The molecule has 0 atom stereocenters. The average Bonchev–Trinajstić information content (AvgIpc) is 3.38. The van der Waals surface area contributed by atoms with Crippen LogP contribution in [0, 0.1) is 5.82 Å². The highest BCUT2D eigenvalue weighted by molar-refractivity contribution is 6.30. The second kappa shape index (κ2) is 7.65. The maximum Gasteiger partial charge on any atom is 0.346 e. The highest BCUT2D eigenvalue weighted by atomic mass is 35.5. The van der Waals surface area contributed by atoms with Gasteiger partial charge in [-0.15, -0.1) is 5.10 Å². The summed E-state index contributed by atoms with van der Waals surface area (Å²) in [5.74, 6) is 0.387. The fourth-order valence-corrected chi connectivity index (χ4v) is 3.80. The molecule has 2 aromatic carbocycles. The van der Waals surface area contributed by atoms with E-state index in [0.29, 0.717) is 23.7 Å². The minimum absolute atomic E-state index is 0.135. The molecular formula is C22H19ClFN5O. The van der Waals surface area contributed by atoms with Crippen molar-refractivity contribution in [1.29, 1.82) is 0 Å². The number of aromatic nitrogens is 3. The number of nitrogens with zero attached hydrogens (tertiary/aromatic N) is 5. The lowest BCUT2D eigenvalue weighted by molar-refractivity contribution is 0.626. The van der Waals surface area contributed by atoms with Crippen LogP contribution in [0.5, 0.6) is 0 Å². The molecule has 0 bridgehead atoms. The molecule has 5 rings (SSSR count). The minimum atomic E-state index is -0.265. The van der Waals surface area contributed by atoms with Gasteiger partial charge in [0, 0.05) is 29.5 Å². The van der Waals surface area contributed by atoms with Crippen molar-refractivity contribution in [2.24, 2.45) is 10.2 Å². The van der Waals surface area contributed by atoms with Crippen molar-refractivity contribution in [3.8, 4) is 11.4 Å². The molecule has 2 heterocycles. The van der Waals surface area contributed by atoms with E-state index in [1.165, 1.54) is 16.8 Å². The predicted molar refractivity (Wildman–Crippen MR) is 115 cm³/mol. The van der Waals surface area contributed by atoms with Gasteiger partial charge >= 0.3 is 5.69 Å². The van der Waals surface area contributed by atoms with Gasteiger partial charge in [-0.3, -0.25) is 4.57 Å². The summed E-state index contributed by atoms with van der Waals surface area (Å²) >= 11 is 6.00. The van der Waals surface area contributed by atoms with Crippen LogP contribution in [0.25, 0.3) is 11.4 Å². The summed E-state index contributed by atoms with van der Waals surface area (Å²) in [6.07, 6.45) is 3.05. The molecule has 152 valence electrons. The number of rotatable bonds is 6. The Bertz CT molecular complexity index is 1220. The van der Waals surface area contributed by atoms with Gasteiger partial charge in [-0.25, -0.2) is 13.9 Å². The minimum Gasteiger partial charge on any atom is -0.272 e. The van der Waals surface area contributed by atoms with E-state index in [2.05, 4.69) is 15.3 Å². The molecule has 6 nitrogen and oxygen atoms in total. The summed E-state index contributed by atoms with van der Waals surface area (Å²) in [5.41, 5.74) is 3.20. The standard InChI is InChI=1S/C22H19ClFN5O/c23-16-6-4-15(5-7-16)21-27-28(22(30)29(21)20-8-9-20)13-19-12-18(25-26-19)11-14-2-1-3-17(24)10-14/h1-7,10,20H,8-9,11-13H2. The fourth-order valence-electron chi connectivity index (χ4n) is 3.67. The molecule has 0 unspecified atom stereocenters. The Morgan fingerprint density at radius 2 is 1.83 bits per heavy atom. The van der Waals surface area contributed by atoms with Crippen LogP contribution in [0.1, 0.15) is 30.9 Å². The number of hydrogen-bond acceptors (Lipinski definition) is 4. The van der Waals surface area contributed by atoms with Crippen LogP contribution in [0.3, 0.4) is 0 Å². The van der Waals surface area contributed by atoms with Crippen LogP contribution in [-0.2, 0) is 13.0 Å². The Morgan fingerprint density at radius 3 is 2.57 bits per heavy atom. The monoisotopic (exact) mass is 423 g/mol. The summed E-state index contributed by atoms with van der Waals surface area (Å²) in [6.45, 7) is 0.287. The number of hydrogen-bond donors (Lipinski definition) is 0. The second-order valence-corrected chi connectivity index (χ2v) is 8.12. The Morgan fingerprint density at radius 1 is 1.07 bits per heavy atom. The zero-order valence-electron chi connectivity index (χ0n) is 16.1. The van der Waals surface area contributed by atoms with Crippen LogP contribution in [0.15, 0.2) is 63.5 Å². The normalized spacial score (nSPS) is 15.9. The van der Waals surface area contributed by atoms with Crippen molar-refractivity contribution >= 4 is 23.0 Å². The molecule has 2 aliphatic rings. The summed E-state index contributed by atoms with van der Waals surface area (Å²) in [7, 11) is 0. The van der Waals surface area contributed by atoms with Crippen LogP contribution in [0.4, 0.5) is 4.39 Å². The van der Waals surface area contributed by atoms with Crippen molar-refractivity contribution in [2.75, 3.05) is 0 Å². The van der Waals surface area contributed by atoms with E-state index in [4.69, 9.17) is 11.6 Å². The smallest absolute Gasteiger partial charge is 0.272 e. The topological polar surface area (TPSA) is 64.5 Å². The van der Waals surface area contributed by atoms with E-state index in [9.17, 15) is 9.18 Å². The maximum absolute atomic E-state index is 13.4. The largest absolute Gasteiger partial charge is 0.346 e. The Labute approximate surface area is 177 Å². The summed E-state index contributed by atoms with van der Waals surface area (Å²) in [6, 6.07) is 14.0. The lowest BCUT2D eigenvalue weighted by Crippen LogP contribution is -2.27. The van der Waals surface area contributed by atoms with Gasteiger partial charge in [0.05, 0.1) is 18.0 Å². The third-order valence-corrected chi connectivity index (χ3v) is 5.51. The Kier molecular flexibility index (Phi) is 4.83. The van der Waals surface area contributed by atoms with Crippen molar-refractivity contribution in [3.63, 3.8) is 0 Å². The van der Waals surface area contributed by atoms with Gasteiger partial charge in [-0.2, -0.15) is 10.2 Å². The molecule has 8 heteroatoms. The Hall–Kier alpha value is -3.06. The average molecular weight is 424 g/mol. The first-order chi connectivity index (χ1) is 14.6. The predicted octanol–water partition coefficient (Wildman–Crippen LogP) is 4.28. The van der Waals surface area contributed by atoms with Crippen molar-refractivity contribution in [3.05, 3.63) is 75.4 Å². The molecule has 0 spiro atoms. The maximum atomic E-state index is 13.4. The molecule has 0 radical (unpaired) electrons. The van der Waals surface area contributed by atoms with Crippen LogP contribution in [0.2, 0.25) is 5.02 Å². The van der Waals surface area contributed by atoms with E-state index in [1.54, 1.807) is 22.8 Å². The van der Waals surface area contributed by atoms with Crippen molar-refractivity contribution in [1.82, 2.24) is 14.3 Å². The lowest BCUT2D eigenvalue weighted by Gasteiger charge is -2.03. The van der Waals surface area contributed by atoms with Crippen LogP contribution >= 0.6 is 11.6 Å². The molecule has 1 saturated carbocycles. The highest BCUT2D eigenvalue weighted by Crippen LogP contribution is 2.36. The van der Waals surface area contributed by atoms with Crippen LogP contribution < -0.4 is 5.69 Å². The first-order valence-electron chi connectivity index (χ1n) is 9.88. The van der Waals surface area contributed by atoms with Gasteiger partial charge in [0.25, 0.3) is 0 Å². The Balaban J connectivity index is 1.34. The van der Waals surface area contributed by atoms with Crippen LogP contribution in [-0.4, -0.2) is 25.8 Å².